The molecule has 0 saturated heterocycles. The number of aryl methyl sites for hydroxylation is 2. The van der Waals surface area contributed by atoms with Crippen molar-refractivity contribution in [1.29, 1.82) is 0 Å². The third kappa shape index (κ3) is 3.17. The minimum absolute atomic E-state index is 0.495. The zero-order chi connectivity index (χ0) is 21.8. The fourth-order valence-corrected chi connectivity index (χ4v) is 3.94. The van der Waals surface area contributed by atoms with Gasteiger partial charge in [-0.25, -0.2) is 9.97 Å². The topological polar surface area (TPSA) is 25.8 Å². The van der Waals surface area contributed by atoms with E-state index in [0.717, 1.165) is 38.5 Å². The first-order valence-corrected chi connectivity index (χ1v) is 9.78. The molecule has 0 N–H and O–H groups in total. The van der Waals surface area contributed by atoms with Gasteiger partial charge in [-0.1, -0.05) is 69.2 Å². The number of hydrogen-bond donors (Lipinski definition) is 0. The van der Waals surface area contributed by atoms with E-state index < -0.39 is 11.8 Å². The Morgan fingerprint density at radius 2 is 1.54 bits per heavy atom. The minimum atomic E-state index is -0.935. The quantitative estimate of drug-likeness (QED) is 0.353. The number of fused-ring (bicyclic) bond motifs is 3. The highest BCUT2D eigenvalue weighted by atomic mass is 14.9. The number of rotatable bonds is 3. The van der Waals surface area contributed by atoms with E-state index in [1.54, 1.807) is 0 Å². The van der Waals surface area contributed by atoms with Crippen molar-refractivity contribution in [1.82, 2.24) is 9.97 Å². The third-order valence-corrected chi connectivity index (χ3v) is 5.19. The number of nitrogens with zero attached hydrogens (tertiary/aromatic N) is 2. The molecule has 142 valence electrons. The molecule has 1 heterocycles. The predicted octanol–water partition coefficient (Wildman–Crippen LogP) is 7.31. The van der Waals surface area contributed by atoms with Crippen LogP contribution in [0, 0.1) is 13.8 Å². The molecule has 0 aliphatic heterocycles. The van der Waals surface area contributed by atoms with Crippen LogP contribution in [-0.2, 0) is 0 Å². The van der Waals surface area contributed by atoms with Gasteiger partial charge < -0.3 is 0 Å². The van der Waals surface area contributed by atoms with Crippen LogP contribution in [0.3, 0.4) is 0 Å². The van der Waals surface area contributed by atoms with Crippen LogP contribution >= 0.6 is 0 Å². The molecule has 0 fully saturated rings. The number of benzene rings is 3. The van der Waals surface area contributed by atoms with Gasteiger partial charge in [-0.3, -0.25) is 0 Å². The molecule has 2 heteroatoms. The first kappa shape index (κ1) is 16.2. The molecular weight excluding hydrogens is 340 g/mol. The van der Waals surface area contributed by atoms with Gasteiger partial charge in [-0.15, -0.1) is 0 Å². The van der Waals surface area contributed by atoms with E-state index in [1.807, 2.05) is 39.8 Å². The zero-order valence-corrected chi connectivity index (χ0v) is 17.5. The lowest BCUT2D eigenvalue weighted by Crippen LogP contribution is -2.02. The molecule has 4 aromatic rings. The normalized spacial score (nSPS) is 13.6. The maximum atomic E-state index is 8.70. The van der Waals surface area contributed by atoms with Crippen LogP contribution in [0.15, 0.2) is 48.5 Å². The van der Waals surface area contributed by atoms with Crippen molar-refractivity contribution in [3.8, 4) is 11.3 Å². The molecule has 4 rings (SSSR count). The van der Waals surface area contributed by atoms with Crippen molar-refractivity contribution < 1.29 is 2.74 Å². The summed E-state index contributed by atoms with van der Waals surface area (Å²) >= 11 is 0. The van der Waals surface area contributed by atoms with Gasteiger partial charge >= 0.3 is 0 Å². The second-order valence-corrected chi connectivity index (χ2v) is 8.14. The van der Waals surface area contributed by atoms with Crippen molar-refractivity contribution in [3.05, 3.63) is 71.0 Å². The fraction of sp³-hybridized carbons (Fsp3) is 0.308. The van der Waals surface area contributed by atoms with Gasteiger partial charge in [0.25, 0.3) is 0 Å². The molecule has 0 unspecified atom stereocenters. The maximum Gasteiger partial charge on any atom is 0.132 e. The fourth-order valence-electron chi connectivity index (χ4n) is 3.94. The third-order valence-electron chi connectivity index (χ3n) is 5.19. The Labute approximate surface area is 170 Å². The average Bonchev–Trinajstić information content (AvgIpc) is 2.64. The maximum absolute atomic E-state index is 8.70. The van der Waals surface area contributed by atoms with E-state index in [9.17, 15) is 0 Å². The van der Waals surface area contributed by atoms with Crippen molar-refractivity contribution in [2.45, 2.75) is 53.3 Å². The summed E-state index contributed by atoms with van der Waals surface area (Å²) in [6.45, 7) is 11.6. The number of hydrogen-bond acceptors (Lipinski definition) is 2. The largest absolute Gasteiger partial charge is 0.232 e. The van der Waals surface area contributed by atoms with Crippen LogP contribution < -0.4 is 0 Å². The van der Waals surface area contributed by atoms with Crippen LogP contribution in [0.2, 0.25) is 0 Å². The molecule has 0 atom stereocenters. The van der Waals surface area contributed by atoms with Gasteiger partial charge in [0, 0.05) is 25.0 Å². The van der Waals surface area contributed by atoms with Crippen LogP contribution in [0.4, 0.5) is 0 Å². The van der Waals surface area contributed by atoms with Gasteiger partial charge in [0.05, 0.1) is 11.2 Å². The molecule has 0 bridgehead atoms. The Hall–Kier alpha value is -2.74. The van der Waals surface area contributed by atoms with Gasteiger partial charge in [-0.05, 0) is 48.9 Å². The summed E-state index contributed by atoms with van der Waals surface area (Å²) in [6, 6.07) is 16.7. The lowest BCUT2D eigenvalue weighted by atomic mass is 9.92. The lowest BCUT2D eigenvalue weighted by Gasteiger charge is -2.16. The molecule has 3 aromatic carbocycles. The van der Waals surface area contributed by atoms with Gasteiger partial charge in [0.1, 0.15) is 5.82 Å². The monoisotopic (exact) mass is 370 g/mol. The standard InChI is InChI=1S/C26H28N2/c1-15(2)21-9-7-8-19-10-11-22-24(20-13-17(5)12-18(6)14-20)27-26(16(3)4)28-25(22)23(19)21/h7-16H,1-6H3/i15D,16D. The molecular formula is C26H28N2. The van der Waals surface area contributed by atoms with Crippen LogP contribution in [0.5, 0.6) is 0 Å². The summed E-state index contributed by atoms with van der Waals surface area (Å²) < 4.78 is 17.3. The Balaban J connectivity index is 2.22. The van der Waals surface area contributed by atoms with Crippen LogP contribution in [-0.4, -0.2) is 9.97 Å². The molecule has 0 aliphatic carbocycles. The van der Waals surface area contributed by atoms with E-state index in [1.165, 1.54) is 11.1 Å². The van der Waals surface area contributed by atoms with Crippen molar-refractivity contribution in [2.75, 3.05) is 0 Å². The smallest absolute Gasteiger partial charge is 0.132 e. The first-order chi connectivity index (χ1) is 13.9. The Kier molecular flexibility index (Phi) is 4.07. The molecule has 28 heavy (non-hydrogen) atoms. The lowest BCUT2D eigenvalue weighted by molar-refractivity contribution is 0.785. The molecule has 0 radical (unpaired) electrons. The van der Waals surface area contributed by atoms with E-state index in [-0.39, 0.29) is 0 Å². The summed E-state index contributed by atoms with van der Waals surface area (Å²) in [5.74, 6) is -1.21. The summed E-state index contributed by atoms with van der Waals surface area (Å²) in [6.07, 6.45) is 0. The summed E-state index contributed by atoms with van der Waals surface area (Å²) in [5, 5.41) is 2.99. The molecule has 1 aromatic heterocycles. The molecule has 0 saturated carbocycles. The Morgan fingerprint density at radius 1 is 0.821 bits per heavy atom. The first-order valence-electron chi connectivity index (χ1n) is 10.8. The highest BCUT2D eigenvalue weighted by Gasteiger charge is 2.17. The second kappa shape index (κ2) is 7.01. The van der Waals surface area contributed by atoms with E-state index in [2.05, 4.69) is 50.2 Å². The summed E-state index contributed by atoms with van der Waals surface area (Å²) in [7, 11) is 0. The summed E-state index contributed by atoms with van der Waals surface area (Å²) in [5.41, 5.74) is 6.00. The van der Waals surface area contributed by atoms with Gasteiger partial charge in [0.15, 0.2) is 0 Å². The summed E-state index contributed by atoms with van der Waals surface area (Å²) in [4.78, 5) is 9.78. The molecule has 0 spiro atoms. The second-order valence-electron chi connectivity index (χ2n) is 8.14. The van der Waals surface area contributed by atoms with Crippen LogP contribution in [0.1, 0.15) is 64.7 Å². The van der Waals surface area contributed by atoms with E-state index in [0.29, 0.717) is 5.82 Å². The number of aromatic nitrogens is 2. The zero-order valence-electron chi connectivity index (χ0n) is 19.5. The van der Waals surface area contributed by atoms with E-state index >= 15 is 0 Å². The minimum Gasteiger partial charge on any atom is -0.232 e. The van der Waals surface area contributed by atoms with Gasteiger partial charge in [-0.2, -0.15) is 0 Å². The molecule has 0 aliphatic rings. The SMILES string of the molecule is [2H]C(C)(C)c1nc(-c2cc(C)cc(C)c2)c2ccc3cccc(C([2H])(C)C)c3c2n1. The van der Waals surface area contributed by atoms with Gasteiger partial charge in [0.2, 0.25) is 0 Å². The molecule has 0 amide bonds. The highest BCUT2D eigenvalue weighted by Crippen LogP contribution is 2.36. The Bertz CT molecular complexity index is 1260. The average molecular weight is 371 g/mol. The molecule has 2 nitrogen and oxygen atoms in total. The highest BCUT2D eigenvalue weighted by molar-refractivity contribution is 6.10. The van der Waals surface area contributed by atoms with E-state index in [4.69, 9.17) is 12.7 Å². The Morgan fingerprint density at radius 3 is 2.18 bits per heavy atom. The van der Waals surface area contributed by atoms with Crippen LogP contribution in [0.25, 0.3) is 32.9 Å². The van der Waals surface area contributed by atoms with Crippen molar-refractivity contribution in [3.63, 3.8) is 0 Å². The van der Waals surface area contributed by atoms with Crippen molar-refractivity contribution >= 4 is 21.7 Å². The van der Waals surface area contributed by atoms with Crippen molar-refractivity contribution in [2.24, 2.45) is 0 Å². The predicted molar refractivity (Wildman–Crippen MR) is 120 cm³/mol.